The van der Waals surface area contributed by atoms with Gasteiger partial charge in [-0.3, -0.25) is 9.79 Å². The van der Waals surface area contributed by atoms with Crippen LogP contribution in [-0.2, 0) is 13.1 Å². The molecule has 0 saturated carbocycles. The van der Waals surface area contributed by atoms with Crippen molar-refractivity contribution in [1.82, 2.24) is 10.6 Å². The van der Waals surface area contributed by atoms with E-state index in [9.17, 15) is 4.79 Å². The van der Waals surface area contributed by atoms with Gasteiger partial charge in [0.25, 0.3) is 0 Å². The second kappa shape index (κ2) is 7.44. The lowest BCUT2D eigenvalue weighted by atomic mass is 10.1. The van der Waals surface area contributed by atoms with Gasteiger partial charge in [0, 0.05) is 25.7 Å². The van der Waals surface area contributed by atoms with E-state index in [1.165, 1.54) is 5.56 Å². The summed E-state index contributed by atoms with van der Waals surface area (Å²) >= 11 is 1.67. The Morgan fingerprint density at radius 2 is 2.00 bits per heavy atom. The summed E-state index contributed by atoms with van der Waals surface area (Å²) in [7, 11) is 1.72. The molecule has 4 N–H and O–H groups in total. The summed E-state index contributed by atoms with van der Waals surface area (Å²) in [6.07, 6.45) is 0. The molecule has 1 aromatic carbocycles. The van der Waals surface area contributed by atoms with Crippen molar-refractivity contribution in [3.05, 3.63) is 57.8 Å². The Bertz CT molecular complexity index is 622. The number of thiophene rings is 1. The molecule has 0 fully saturated rings. The quantitative estimate of drug-likeness (QED) is 0.581. The molecule has 1 aromatic heterocycles. The third kappa shape index (κ3) is 4.61. The molecule has 110 valence electrons. The van der Waals surface area contributed by atoms with Crippen LogP contribution < -0.4 is 16.4 Å². The Labute approximate surface area is 127 Å². The van der Waals surface area contributed by atoms with Gasteiger partial charge in [-0.05, 0) is 40.1 Å². The van der Waals surface area contributed by atoms with Gasteiger partial charge in [-0.2, -0.15) is 11.3 Å². The number of aliphatic imine (C=N–C) groups is 1. The first kappa shape index (κ1) is 15.1. The number of carbonyl (C=O) groups is 1. The van der Waals surface area contributed by atoms with Crippen LogP contribution in [0.5, 0.6) is 0 Å². The summed E-state index contributed by atoms with van der Waals surface area (Å²) in [4.78, 5) is 15.3. The predicted molar refractivity (Wildman–Crippen MR) is 86.3 cm³/mol. The molecular formula is C15H18N4OS. The molecular weight excluding hydrogens is 284 g/mol. The van der Waals surface area contributed by atoms with Crippen LogP contribution in [-0.4, -0.2) is 18.9 Å². The van der Waals surface area contributed by atoms with Crippen molar-refractivity contribution in [3.8, 4) is 0 Å². The Morgan fingerprint density at radius 3 is 2.62 bits per heavy atom. The van der Waals surface area contributed by atoms with E-state index in [1.807, 2.05) is 17.5 Å². The van der Waals surface area contributed by atoms with E-state index < -0.39 is 5.91 Å². The molecule has 0 bridgehead atoms. The van der Waals surface area contributed by atoms with E-state index in [1.54, 1.807) is 30.5 Å². The molecule has 0 saturated heterocycles. The van der Waals surface area contributed by atoms with Gasteiger partial charge in [0.1, 0.15) is 0 Å². The fourth-order valence-corrected chi connectivity index (χ4v) is 2.49. The largest absolute Gasteiger partial charge is 0.366 e. The monoisotopic (exact) mass is 302 g/mol. The Hall–Kier alpha value is -2.34. The van der Waals surface area contributed by atoms with E-state index in [4.69, 9.17) is 5.73 Å². The molecule has 0 spiro atoms. The number of hydrogen-bond donors (Lipinski definition) is 3. The standard InChI is InChI=1S/C15H18N4OS/c1-17-15(19-9-12-5-6-21-10-12)18-8-11-3-2-4-13(7-11)14(16)20/h2-7,10H,8-9H2,1H3,(H2,16,20)(H2,17,18,19). The molecule has 0 aliphatic heterocycles. The molecule has 1 heterocycles. The summed E-state index contributed by atoms with van der Waals surface area (Å²) in [5.74, 6) is 0.294. The van der Waals surface area contributed by atoms with Gasteiger partial charge < -0.3 is 16.4 Å². The first-order valence-corrected chi connectivity index (χ1v) is 7.47. The molecule has 2 rings (SSSR count). The van der Waals surface area contributed by atoms with Gasteiger partial charge in [-0.25, -0.2) is 0 Å². The van der Waals surface area contributed by atoms with Crippen LogP contribution in [0, 0.1) is 0 Å². The molecule has 5 nitrogen and oxygen atoms in total. The number of nitrogens with zero attached hydrogens (tertiary/aromatic N) is 1. The highest BCUT2D eigenvalue weighted by Crippen LogP contribution is 2.06. The summed E-state index contributed by atoms with van der Waals surface area (Å²) in [6, 6.07) is 9.31. The van der Waals surface area contributed by atoms with Crippen LogP contribution >= 0.6 is 11.3 Å². The van der Waals surface area contributed by atoms with Crippen molar-refractivity contribution >= 4 is 23.2 Å². The molecule has 0 aliphatic rings. The average molecular weight is 302 g/mol. The minimum Gasteiger partial charge on any atom is -0.366 e. The third-order valence-electron chi connectivity index (χ3n) is 2.94. The molecule has 0 aliphatic carbocycles. The lowest BCUT2D eigenvalue weighted by molar-refractivity contribution is 0.1000. The van der Waals surface area contributed by atoms with Crippen LogP contribution in [0.1, 0.15) is 21.5 Å². The van der Waals surface area contributed by atoms with Gasteiger partial charge in [-0.15, -0.1) is 0 Å². The number of nitrogens with one attached hydrogen (secondary N) is 2. The van der Waals surface area contributed by atoms with Crippen LogP contribution in [0.15, 0.2) is 46.1 Å². The Morgan fingerprint density at radius 1 is 1.24 bits per heavy atom. The van der Waals surface area contributed by atoms with Gasteiger partial charge in [0.15, 0.2) is 5.96 Å². The zero-order valence-corrected chi connectivity index (χ0v) is 12.6. The minimum absolute atomic E-state index is 0.420. The number of amides is 1. The summed E-state index contributed by atoms with van der Waals surface area (Å²) in [6.45, 7) is 1.30. The van der Waals surface area contributed by atoms with Crippen molar-refractivity contribution < 1.29 is 4.79 Å². The zero-order valence-electron chi connectivity index (χ0n) is 11.8. The van der Waals surface area contributed by atoms with Crippen LogP contribution in [0.25, 0.3) is 0 Å². The number of primary amides is 1. The second-order valence-corrected chi connectivity index (χ2v) is 5.26. The van der Waals surface area contributed by atoms with E-state index >= 15 is 0 Å². The number of benzene rings is 1. The van der Waals surface area contributed by atoms with Crippen molar-refractivity contribution in [3.63, 3.8) is 0 Å². The van der Waals surface area contributed by atoms with E-state index in [2.05, 4.69) is 27.1 Å². The first-order valence-electron chi connectivity index (χ1n) is 6.53. The van der Waals surface area contributed by atoms with Crippen molar-refractivity contribution in [2.45, 2.75) is 13.1 Å². The lowest BCUT2D eigenvalue weighted by Gasteiger charge is -2.11. The Kier molecular flexibility index (Phi) is 5.34. The minimum atomic E-state index is -0.420. The van der Waals surface area contributed by atoms with Gasteiger partial charge in [-0.1, -0.05) is 12.1 Å². The Balaban J connectivity index is 1.88. The van der Waals surface area contributed by atoms with Crippen molar-refractivity contribution in [1.29, 1.82) is 0 Å². The molecule has 1 amide bonds. The molecule has 0 radical (unpaired) electrons. The highest BCUT2D eigenvalue weighted by molar-refractivity contribution is 7.07. The third-order valence-corrected chi connectivity index (χ3v) is 3.67. The average Bonchev–Trinajstić information content (AvgIpc) is 3.01. The molecule has 0 unspecified atom stereocenters. The van der Waals surface area contributed by atoms with E-state index in [-0.39, 0.29) is 0 Å². The number of nitrogens with two attached hydrogens (primary N) is 1. The summed E-state index contributed by atoms with van der Waals surface area (Å²) < 4.78 is 0. The fourth-order valence-electron chi connectivity index (χ4n) is 1.82. The molecule has 21 heavy (non-hydrogen) atoms. The number of guanidine groups is 1. The number of carbonyl (C=O) groups excluding carboxylic acids is 1. The predicted octanol–water partition coefficient (Wildman–Crippen LogP) is 1.71. The summed E-state index contributed by atoms with van der Waals surface area (Å²) in [5.41, 5.74) is 7.98. The molecule has 0 atom stereocenters. The summed E-state index contributed by atoms with van der Waals surface area (Å²) in [5, 5.41) is 10.6. The van der Waals surface area contributed by atoms with Crippen LogP contribution in [0.4, 0.5) is 0 Å². The van der Waals surface area contributed by atoms with E-state index in [0.29, 0.717) is 18.1 Å². The fraction of sp³-hybridized carbons (Fsp3) is 0.200. The number of hydrogen-bond acceptors (Lipinski definition) is 3. The van der Waals surface area contributed by atoms with Gasteiger partial charge in [0.2, 0.25) is 5.91 Å². The van der Waals surface area contributed by atoms with Crippen LogP contribution in [0.2, 0.25) is 0 Å². The van der Waals surface area contributed by atoms with Crippen LogP contribution in [0.3, 0.4) is 0 Å². The SMILES string of the molecule is CN=C(NCc1ccsc1)NCc1cccc(C(N)=O)c1. The normalized spacial score (nSPS) is 11.2. The number of rotatable bonds is 5. The van der Waals surface area contributed by atoms with E-state index in [0.717, 1.165) is 12.1 Å². The molecule has 2 aromatic rings. The molecule has 6 heteroatoms. The van der Waals surface area contributed by atoms with Gasteiger partial charge in [0.05, 0.1) is 0 Å². The first-order chi connectivity index (χ1) is 10.2. The maximum Gasteiger partial charge on any atom is 0.248 e. The zero-order chi connectivity index (χ0) is 15.1. The highest BCUT2D eigenvalue weighted by Gasteiger charge is 2.03. The second-order valence-electron chi connectivity index (χ2n) is 4.48. The van der Waals surface area contributed by atoms with Crippen molar-refractivity contribution in [2.75, 3.05) is 7.05 Å². The topological polar surface area (TPSA) is 79.5 Å². The van der Waals surface area contributed by atoms with Gasteiger partial charge >= 0.3 is 0 Å². The maximum absolute atomic E-state index is 11.1. The lowest BCUT2D eigenvalue weighted by Crippen LogP contribution is -2.36. The maximum atomic E-state index is 11.1. The van der Waals surface area contributed by atoms with Crippen molar-refractivity contribution in [2.24, 2.45) is 10.7 Å². The smallest absolute Gasteiger partial charge is 0.248 e. The highest BCUT2D eigenvalue weighted by atomic mass is 32.1.